The summed E-state index contributed by atoms with van der Waals surface area (Å²) in [5.74, 6) is 0.611. The number of amides is 2. The van der Waals surface area contributed by atoms with E-state index in [1.807, 2.05) is 54.6 Å². The Kier molecular flexibility index (Phi) is 6.91. The zero-order valence-corrected chi connectivity index (χ0v) is 17.1. The number of hydrogen-bond donors (Lipinski definition) is 3. The molecule has 8 nitrogen and oxygen atoms in total. The minimum absolute atomic E-state index is 0.107. The smallest absolute Gasteiger partial charge is 0.315 e. The van der Waals surface area contributed by atoms with E-state index in [2.05, 4.69) is 20.8 Å². The topological polar surface area (TPSA) is 110 Å². The second-order valence-electron chi connectivity index (χ2n) is 7.59. The van der Waals surface area contributed by atoms with Gasteiger partial charge in [-0.25, -0.2) is 4.79 Å². The second-order valence-corrected chi connectivity index (χ2v) is 7.59. The molecule has 3 aromatic rings. The minimum atomic E-state index is -0.618. The van der Waals surface area contributed by atoms with Crippen molar-refractivity contribution in [1.82, 2.24) is 20.8 Å². The van der Waals surface area contributed by atoms with Gasteiger partial charge in [-0.3, -0.25) is 4.98 Å². The molecule has 0 aliphatic carbocycles. The van der Waals surface area contributed by atoms with Crippen molar-refractivity contribution in [2.75, 3.05) is 6.54 Å². The van der Waals surface area contributed by atoms with E-state index >= 15 is 0 Å². The van der Waals surface area contributed by atoms with Gasteiger partial charge >= 0.3 is 6.03 Å². The second kappa shape index (κ2) is 10.2. The van der Waals surface area contributed by atoms with Gasteiger partial charge in [0.25, 0.3) is 0 Å². The number of ether oxygens (including phenoxy) is 1. The average molecular weight is 422 g/mol. The fourth-order valence-electron chi connectivity index (χ4n) is 3.59. The van der Waals surface area contributed by atoms with Gasteiger partial charge < -0.3 is 25.0 Å². The SMILES string of the molecule is O=C(NCc1ccccc1)NCC1OC(Cc2cc(-c3ccccn3)on2)CCC1O. The maximum absolute atomic E-state index is 12.1. The standard InChI is InChI=1S/C23H26N4O4/c28-20-10-9-18(12-17-13-21(31-27-17)19-8-4-5-11-24-19)30-22(20)15-26-23(29)25-14-16-6-2-1-3-7-16/h1-8,11,13,18,20,22,28H,9-10,12,14-15H2,(H2,25,26,29). The van der Waals surface area contributed by atoms with Crippen molar-refractivity contribution in [2.24, 2.45) is 0 Å². The molecule has 3 heterocycles. The lowest BCUT2D eigenvalue weighted by Crippen LogP contribution is -2.48. The van der Waals surface area contributed by atoms with Gasteiger partial charge in [-0.1, -0.05) is 41.6 Å². The van der Waals surface area contributed by atoms with Gasteiger partial charge in [0.2, 0.25) is 0 Å². The van der Waals surface area contributed by atoms with Crippen LogP contribution < -0.4 is 10.6 Å². The number of carbonyl (C=O) groups excluding carboxylic acids is 1. The maximum Gasteiger partial charge on any atom is 0.315 e. The molecule has 4 rings (SSSR count). The van der Waals surface area contributed by atoms with Gasteiger partial charge in [0, 0.05) is 31.8 Å². The molecule has 2 amide bonds. The van der Waals surface area contributed by atoms with Crippen LogP contribution >= 0.6 is 0 Å². The van der Waals surface area contributed by atoms with Crippen LogP contribution in [0.15, 0.2) is 65.3 Å². The molecule has 0 spiro atoms. The third-order valence-electron chi connectivity index (χ3n) is 5.25. The average Bonchev–Trinajstić information content (AvgIpc) is 3.28. The van der Waals surface area contributed by atoms with Crippen LogP contribution in [0.5, 0.6) is 0 Å². The van der Waals surface area contributed by atoms with Crippen LogP contribution in [0, 0.1) is 0 Å². The predicted octanol–water partition coefficient (Wildman–Crippen LogP) is 2.69. The van der Waals surface area contributed by atoms with Crippen LogP contribution in [0.1, 0.15) is 24.1 Å². The number of aliphatic hydroxyl groups is 1. The molecule has 1 fully saturated rings. The summed E-state index contributed by atoms with van der Waals surface area (Å²) < 4.78 is 11.4. The summed E-state index contributed by atoms with van der Waals surface area (Å²) in [6.45, 7) is 0.671. The van der Waals surface area contributed by atoms with Crippen molar-refractivity contribution in [1.29, 1.82) is 0 Å². The molecule has 0 saturated carbocycles. The highest BCUT2D eigenvalue weighted by Gasteiger charge is 2.30. The highest BCUT2D eigenvalue weighted by atomic mass is 16.5. The Hall–Kier alpha value is -3.23. The number of nitrogens with zero attached hydrogens (tertiary/aromatic N) is 2. The summed E-state index contributed by atoms with van der Waals surface area (Å²) >= 11 is 0. The molecule has 3 atom stereocenters. The third-order valence-corrected chi connectivity index (χ3v) is 5.25. The van der Waals surface area contributed by atoms with E-state index in [-0.39, 0.29) is 18.7 Å². The lowest BCUT2D eigenvalue weighted by molar-refractivity contribution is -0.113. The summed E-state index contributed by atoms with van der Waals surface area (Å²) in [6.07, 6.45) is 2.40. The molecule has 1 aliphatic rings. The first-order valence-corrected chi connectivity index (χ1v) is 10.4. The molecular weight excluding hydrogens is 396 g/mol. The first kappa shape index (κ1) is 21.0. The number of urea groups is 1. The fourth-order valence-corrected chi connectivity index (χ4v) is 3.59. The molecule has 1 saturated heterocycles. The summed E-state index contributed by atoms with van der Waals surface area (Å²) in [5, 5.41) is 20.0. The number of nitrogens with one attached hydrogen (secondary N) is 2. The Morgan fingerprint density at radius 1 is 1.10 bits per heavy atom. The summed E-state index contributed by atoms with van der Waals surface area (Å²) in [6, 6.07) is 16.8. The minimum Gasteiger partial charge on any atom is -0.390 e. The number of aromatic nitrogens is 2. The Morgan fingerprint density at radius 2 is 1.94 bits per heavy atom. The van der Waals surface area contributed by atoms with Gasteiger partial charge in [0.15, 0.2) is 5.76 Å². The lowest BCUT2D eigenvalue weighted by Gasteiger charge is -2.33. The summed E-state index contributed by atoms with van der Waals surface area (Å²) in [7, 11) is 0. The highest BCUT2D eigenvalue weighted by molar-refractivity contribution is 5.73. The van der Waals surface area contributed by atoms with Gasteiger partial charge in [0.1, 0.15) is 11.8 Å². The van der Waals surface area contributed by atoms with Gasteiger partial charge in [-0.2, -0.15) is 0 Å². The van der Waals surface area contributed by atoms with E-state index in [1.54, 1.807) is 6.20 Å². The molecule has 1 aliphatic heterocycles. The number of carbonyl (C=O) groups is 1. The Balaban J connectivity index is 1.25. The first-order chi connectivity index (χ1) is 15.2. The van der Waals surface area contributed by atoms with Crippen LogP contribution in [-0.4, -0.2) is 46.1 Å². The number of benzene rings is 1. The highest BCUT2D eigenvalue weighted by Crippen LogP contribution is 2.24. The molecule has 1 aromatic carbocycles. The molecule has 2 aromatic heterocycles. The number of aliphatic hydroxyl groups excluding tert-OH is 1. The zero-order chi connectivity index (χ0) is 21.5. The van der Waals surface area contributed by atoms with Crippen molar-refractivity contribution in [2.45, 2.75) is 44.1 Å². The monoisotopic (exact) mass is 422 g/mol. The molecule has 0 bridgehead atoms. The Labute approximate surface area is 180 Å². The van der Waals surface area contributed by atoms with Gasteiger partial charge in [-0.05, 0) is 30.5 Å². The van der Waals surface area contributed by atoms with E-state index in [0.29, 0.717) is 31.6 Å². The molecule has 31 heavy (non-hydrogen) atoms. The van der Waals surface area contributed by atoms with E-state index in [1.165, 1.54) is 0 Å². The summed E-state index contributed by atoms with van der Waals surface area (Å²) in [5.41, 5.74) is 2.52. The molecule has 0 radical (unpaired) electrons. The van der Waals surface area contributed by atoms with Crippen LogP contribution in [0.25, 0.3) is 11.5 Å². The van der Waals surface area contributed by atoms with Crippen molar-refractivity contribution in [3.63, 3.8) is 0 Å². The zero-order valence-electron chi connectivity index (χ0n) is 17.1. The van der Waals surface area contributed by atoms with Crippen LogP contribution in [0.3, 0.4) is 0 Å². The van der Waals surface area contributed by atoms with E-state index < -0.39 is 12.2 Å². The number of rotatable bonds is 7. The lowest BCUT2D eigenvalue weighted by atomic mass is 9.98. The maximum atomic E-state index is 12.1. The first-order valence-electron chi connectivity index (χ1n) is 10.4. The normalized spacial score (nSPS) is 20.9. The van der Waals surface area contributed by atoms with Crippen molar-refractivity contribution < 1.29 is 19.2 Å². The third kappa shape index (κ3) is 5.90. The van der Waals surface area contributed by atoms with E-state index in [0.717, 1.165) is 17.0 Å². The van der Waals surface area contributed by atoms with E-state index in [4.69, 9.17) is 9.26 Å². The van der Waals surface area contributed by atoms with Crippen LogP contribution in [0.4, 0.5) is 4.79 Å². The largest absolute Gasteiger partial charge is 0.390 e. The van der Waals surface area contributed by atoms with Gasteiger partial charge in [-0.15, -0.1) is 0 Å². The predicted molar refractivity (Wildman–Crippen MR) is 114 cm³/mol. The fraction of sp³-hybridized carbons (Fsp3) is 0.348. The number of pyridine rings is 1. The molecule has 3 unspecified atom stereocenters. The molecule has 3 N–H and O–H groups in total. The van der Waals surface area contributed by atoms with Crippen LogP contribution in [0.2, 0.25) is 0 Å². The van der Waals surface area contributed by atoms with Crippen molar-refractivity contribution in [3.8, 4) is 11.5 Å². The Morgan fingerprint density at radius 3 is 2.74 bits per heavy atom. The quantitative estimate of drug-likeness (QED) is 0.540. The Bertz CT molecular complexity index is 964. The molecule has 8 heteroatoms. The molecule has 162 valence electrons. The van der Waals surface area contributed by atoms with Crippen molar-refractivity contribution in [3.05, 3.63) is 72.1 Å². The number of hydrogen-bond acceptors (Lipinski definition) is 6. The summed E-state index contributed by atoms with van der Waals surface area (Å²) in [4.78, 5) is 16.4. The van der Waals surface area contributed by atoms with Gasteiger partial charge in [0.05, 0.1) is 17.9 Å². The van der Waals surface area contributed by atoms with E-state index in [9.17, 15) is 9.90 Å². The molecular formula is C23H26N4O4. The van der Waals surface area contributed by atoms with Crippen molar-refractivity contribution >= 4 is 6.03 Å². The van der Waals surface area contributed by atoms with Crippen LogP contribution in [-0.2, 0) is 17.7 Å².